The minimum absolute atomic E-state index is 0.0478. The smallest absolute Gasteiger partial charge is 0.256 e. The van der Waals surface area contributed by atoms with Crippen LogP contribution < -0.4 is 5.32 Å². The van der Waals surface area contributed by atoms with Gasteiger partial charge in [-0.1, -0.05) is 27.5 Å². The molecule has 0 saturated carbocycles. The molecular formula is C13H8Br2ClNO2. The molecule has 0 atom stereocenters. The summed E-state index contributed by atoms with van der Waals surface area (Å²) in [4.78, 5) is 12.1. The Morgan fingerprint density at radius 2 is 1.89 bits per heavy atom. The molecule has 3 nitrogen and oxygen atoms in total. The lowest BCUT2D eigenvalue weighted by molar-refractivity contribution is 0.102. The Balaban J connectivity index is 2.28. The number of halogens is 3. The normalized spacial score (nSPS) is 10.3. The molecule has 2 aromatic carbocycles. The molecule has 0 spiro atoms. The van der Waals surface area contributed by atoms with Crippen molar-refractivity contribution in [3.05, 3.63) is 55.9 Å². The van der Waals surface area contributed by atoms with E-state index in [2.05, 4.69) is 37.2 Å². The first kappa shape index (κ1) is 14.4. The number of phenolic OH excluding ortho intramolecular Hbond substituents is 1. The molecule has 0 aromatic heterocycles. The number of carbonyl (C=O) groups excluding carboxylic acids is 1. The first-order valence-electron chi connectivity index (χ1n) is 5.22. The van der Waals surface area contributed by atoms with E-state index < -0.39 is 0 Å². The first-order chi connectivity index (χ1) is 8.97. The van der Waals surface area contributed by atoms with Crippen molar-refractivity contribution in [2.45, 2.75) is 0 Å². The molecule has 0 radical (unpaired) electrons. The van der Waals surface area contributed by atoms with Crippen LogP contribution in [0.15, 0.2) is 45.3 Å². The van der Waals surface area contributed by atoms with Crippen molar-refractivity contribution in [2.24, 2.45) is 0 Å². The van der Waals surface area contributed by atoms with Crippen LogP contribution in [0.2, 0.25) is 5.02 Å². The van der Waals surface area contributed by atoms with Crippen LogP contribution in [0.3, 0.4) is 0 Å². The molecule has 0 aliphatic heterocycles. The van der Waals surface area contributed by atoms with Crippen LogP contribution in [0, 0.1) is 0 Å². The maximum Gasteiger partial charge on any atom is 0.256 e. The minimum atomic E-state index is -0.291. The number of hydrogen-bond acceptors (Lipinski definition) is 2. The van der Waals surface area contributed by atoms with Gasteiger partial charge in [-0.25, -0.2) is 0 Å². The average molecular weight is 405 g/mol. The SMILES string of the molecule is O=C(Nc1ccc(O)cc1Cl)c1cc(Br)ccc1Br. The van der Waals surface area contributed by atoms with E-state index in [0.29, 0.717) is 15.7 Å². The fourth-order valence-electron chi connectivity index (χ4n) is 1.47. The molecule has 2 rings (SSSR count). The van der Waals surface area contributed by atoms with E-state index in [1.807, 2.05) is 6.07 Å². The fraction of sp³-hybridized carbons (Fsp3) is 0. The van der Waals surface area contributed by atoms with Crippen molar-refractivity contribution in [1.29, 1.82) is 0 Å². The van der Waals surface area contributed by atoms with E-state index >= 15 is 0 Å². The number of anilines is 1. The Morgan fingerprint density at radius 3 is 2.58 bits per heavy atom. The van der Waals surface area contributed by atoms with Gasteiger partial charge in [0.2, 0.25) is 0 Å². The molecule has 2 aromatic rings. The largest absolute Gasteiger partial charge is 0.508 e. The third-order valence-electron chi connectivity index (χ3n) is 2.37. The molecule has 0 aliphatic rings. The molecule has 1 amide bonds. The van der Waals surface area contributed by atoms with Crippen molar-refractivity contribution >= 4 is 55.1 Å². The molecule has 0 aliphatic carbocycles. The molecular weight excluding hydrogens is 397 g/mol. The van der Waals surface area contributed by atoms with Crippen molar-refractivity contribution in [1.82, 2.24) is 0 Å². The van der Waals surface area contributed by atoms with E-state index in [-0.39, 0.29) is 16.7 Å². The highest BCUT2D eigenvalue weighted by Gasteiger charge is 2.12. The lowest BCUT2D eigenvalue weighted by atomic mass is 10.2. The van der Waals surface area contributed by atoms with Gasteiger partial charge in [0, 0.05) is 15.0 Å². The van der Waals surface area contributed by atoms with E-state index in [1.165, 1.54) is 12.1 Å². The zero-order valence-corrected chi connectivity index (χ0v) is 13.4. The van der Waals surface area contributed by atoms with E-state index in [1.54, 1.807) is 18.2 Å². The summed E-state index contributed by atoms with van der Waals surface area (Å²) in [5.74, 6) is -0.243. The summed E-state index contributed by atoms with van der Waals surface area (Å²) in [6, 6.07) is 9.67. The zero-order chi connectivity index (χ0) is 14.0. The Labute approximate surface area is 131 Å². The third kappa shape index (κ3) is 3.49. The third-order valence-corrected chi connectivity index (χ3v) is 3.87. The average Bonchev–Trinajstić information content (AvgIpc) is 2.35. The second-order valence-electron chi connectivity index (χ2n) is 3.74. The topological polar surface area (TPSA) is 49.3 Å². The number of carbonyl (C=O) groups is 1. The molecule has 0 fully saturated rings. The molecule has 0 heterocycles. The number of rotatable bonds is 2. The fourth-order valence-corrected chi connectivity index (χ4v) is 2.48. The summed E-state index contributed by atoms with van der Waals surface area (Å²) in [5.41, 5.74) is 0.926. The van der Waals surface area contributed by atoms with Crippen LogP contribution in [0.5, 0.6) is 5.75 Å². The Morgan fingerprint density at radius 1 is 1.16 bits per heavy atom. The Hall–Kier alpha value is -1.04. The number of aromatic hydroxyl groups is 1. The molecule has 2 N–H and O–H groups in total. The minimum Gasteiger partial charge on any atom is -0.508 e. The van der Waals surface area contributed by atoms with Gasteiger partial charge in [0.25, 0.3) is 5.91 Å². The lowest BCUT2D eigenvalue weighted by Gasteiger charge is -2.09. The number of benzene rings is 2. The number of amides is 1. The molecule has 6 heteroatoms. The van der Waals surface area contributed by atoms with Gasteiger partial charge in [-0.2, -0.15) is 0 Å². The summed E-state index contributed by atoms with van der Waals surface area (Å²) in [6.45, 7) is 0. The number of phenols is 1. The van der Waals surface area contributed by atoms with E-state index in [0.717, 1.165) is 4.47 Å². The van der Waals surface area contributed by atoms with Gasteiger partial charge in [-0.3, -0.25) is 4.79 Å². The summed E-state index contributed by atoms with van der Waals surface area (Å²) < 4.78 is 1.49. The van der Waals surface area contributed by atoms with E-state index in [4.69, 9.17) is 11.6 Å². The van der Waals surface area contributed by atoms with Crippen molar-refractivity contribution in [2.75, 3.05) is 5.32 Å². The quantitative estimate of drug-likeness (QED) is 0.704. The highest BCUT2D eigenvalue weighted by atomic mass is 79.9. The first-order valence-corrected chi connectivity index (χ1v) is 7.18. The van der Waals surface area contributed by atoms with Gasteiger partial charge in [0.05, 0.1) is 16.3 Å². The zero-order valence-electron chi connectivity index (χ0n) is 9.45. The van der Waals surface area contributed by atoms with E-state index in [9.17, 15) is 9.90 Å². The predicted octanol–water partition coefficient (Wildman–Crippen LogP) is 4.82. The Bertz CT molecular complexity index is 647. The van der Waals surface area contributed by atoms with Crippen LogP contribution in [0.1, 0.15) is 10.4 Å². The van der Waals surface area contributed by atoms with Gasteiger partial charge >= 0.3 is 0 Å². The summed E-state index contributed by atoms with van der Waals surface area (Å²) in [6.07, 6.45) is 0. The summed E-state index contributed by atoms with van der Waals surface area (Å²) >= 11 is 12.6. The number of hydrogen-bond donors (Lipinski definition) is 2. The number of nitrogens with one attached hydrogen (secondary N) is 1. The van der Waals surface area contributed by atoms with Gasteiger partial charge in [0.15, 0.2) is 0 Å². The monoisotopic (exact) mass is 403 g/mol. The Kier molecular flexibility index (Phi) is 4.50. The van der Waals surface area contributed by atoms with Crippen molar-refractivity contribution in [3.63, 3.8) is 0 Å². The second-order valence-corrected chi connectivity index (χ2v) is 5.92. The summed E-state index contributed by atoms with van der Waals surface area (Å²) in [5, 5.41) is 12.2. The van der Waals surface area contributed by atoms with Crippen LogP contribution in [0.25, 0.3) is 0 Å². The molecule has 0 bridgehead atoms. The molecule has 0 saturated heterocycles. The van der Waals surface area contributed by atoms with Gasteiger partial charge in [-0.15, -0.1) is 0 Å². The van der Waals surface area contributed by atoms with Crippen molar-refractivity contribution in [3.8, 4) is 5.75 Å². The van der Waals surface area contributed by atoms with Crippen molar-refractivity contribution < 1.29 is 9.90 Å². The van der Waals surface area contributed by atoms with Crippen LogP contribution in [0.4, 0.5) is 5.69 Å². The highest BCUT2D eigenvalue weighted by Crippen LogP contribution is 2.28. The van der Waals surface area contributed by atoms with Gasteiger partial charge < -0.3 is 10.4 Å². The predicted molar refractivity (Wildman–Crippen MR) is 82.9 cm³/mol. The van der Waals surface area contributed by atoms with Gasteiger partial charge in [0.1, 0.15) is 5.75 Å². The molecule has 19 heavy (non-hydrogen) atoms. The molecule has 98 valence electrons. The highest BCUT2D eigenvalue weighted by molar-refractivity contribution is 9.11. The van der Waals surface area contributed by atoms with Crippen LogP contribution in [-0.2, 0) is 0 Å². The second kappa shape index (κ2) is 5.94. The summed E-state index contributed by atoms with van der Waals surface area (Å²) in [7, 11) is 0. The maximum absolute atomic E-state index is 12.1. The standard InChI is InChI=1S/C13H8Br2ClNO2/c14-7-1-3-10(15)9(5-7)13(19)17-12-4-2-8(18)6-11(12)16/h1-6,18H,(H,17,19). The van der Waals surface area contributed by atoms with Gasteiger partial charge in [-0.05, 0) is 46.3 Å². The molecule has 0 unspecified atom stereocenters. The van der Waals surface area contributed by atoms with Crippen LogP contribution >= 0.6 is 43.5 Å². The maximum atomic E-state index is 12.1. The lowest BCUT2D eigenvalue weighted by Crippen LogP contribution is -2.12. The van der Waals surface area contributed by atoms with Crippen LogP contribution in [-0.4, -0.2) is 11.0 Å².